The van der Waals surface area contributed by atoms with Gasteiger partial charge >= 0.3 is 0 Å². The fraction of sp³-hybridized carbons (Fsp3) is 0.267. The van der Waals surface area contributed by atoms with Crippen LogP contribution in [0.4, 0.5) is 0 Å². The van der Waals surface area contributed by atoms with Crippen LogP contribution in [0.1, 0.15) is 17.3 Å². The van der Waals surface area contributed by atoms with Crippen molar-refractivity contribution in [2.24, 2.45) is 0 Å². The molecular weight excluding hydrogens is 490 g/mol. The summed E-state index contributed by atoms with van der Waals surface area (Å²) in [6.07, 6.45) is 1.85. The molecule has 39 heavy (non-hydrogen) atoms. The van der Waals surface area contributed by atoms with Gasteiger partial charge in [-0.3, -0.25) is 9.88 Å². The Morgan fingerprint density at radius 2 is 1.85 bits per heavy atom. The van der Waals surface area contributed by atoms with Crippen molar-refractivity contribution < 1.29 is 9.26 Å². The number of H-pyrrole nitrogens is 1. The monoisotopic (exact) mass is 519 g/mol. The topological polar surface area (TPSA) is 105 Å². The van der Waals surface area contributed by atoms with Crippen molar-refractivity contribution in [3.63, 3.8) is 0 Å². The van der Waals surface area contributed by atoms with Crippen LogP contribution in [-0.2, 0) is 6.54 Å². The Bertz CT molecular complexity index is 1830. The Morgan fingerprint density at radius 3 is 2.64 bits per heavy atom. The number of aromatic amines is 1. The smallest absolute Gasteiger partial charge is 0.145 e. The van der Waals surface area contributed by atoms with Gasteiger partial charge in [0.1, 0.15) is 23.0 Å². The van der Waals surface area contributed by atoms with Crippen LogP contribution >= 0.6 is 0 Å². The highest BCUT2D eigenvalue weighted by Crippen LogP contribution is 2.42. The summed E-state index contributed by atoms with van der Waals surface area (Å²) in [6, 6.07) is 14.4. The van der Waals surface area contributed by atoms with Crippen LogP contribution in [-0.4, -0.2) is 63.3 Å². The lowest BCUT2D eigenvalue weighted by Gasteiger charge is -2.26. The molecule has 1 saturated heterocycles. The van der Waals surface area contributed by atoms with Crippen molar-refractivity contribution in [2.45, 2.75) is 20.4 Å². The molecule has 196 valence electrons. The molecular formula is C30H29N7O2. The maximum absolute atomic E-state index is 5.90. The predicted octanol–water partition coefficient (Wildman–Crippen LogP) is 5.01. The Hall–Kier alpha value is -4.34. The van der Waals surface area contributed by atoms with Crippen LogP contribution < -0.4 is 10.1 Å². The fourth-order valence-electron chi connectivity index (χ4n) is 5.74. The number of pyridine rings is 1. The highest BCUT2D eigenvalue weighted by Gasteiger charge is 2.23. The van der Waals surface area contributed by atoms with Crippen molar-refractivity contribution in [1.82, 2.24) is 35.3 Å². The van der Waals surface area contributed by atoms with E-state index in [1.807, 2.05) is 44.3 Å². The van der Waals surface area contributed by atoms with Crippen molar-refractivity contribution in [2.75, 3.05) is 33.3 Å². The zero-order valence-electron chi connectivity index (χ0n) is 22.2. The molecule has 5 heterocycles. The normalized spacial score (nSPS) is 14.5. The van der Waals surface area contributed by atoms with Crippen LogP contribution in [0.5, 0.6) is 5.75 Å². The largest absolute Gasteiger partial charge is 0.496 e. The third-order valence-corrected chi connectivity index (χ3v) is 7.60. The molecule has 1 fully saturated rings. The van der Waals surface area contributed by atoms with Crippen molar-refractivity contribution >= 4 is 32.8 Å². The van der Waals surface area contributed by atoms with E-state index in [2.05, 4.69) is 43.5 Å². The van der Waals surface area contributed by atoms with Crippen LogP contribution in [0.2, 0.25) is 0 Å². The summed E-state index contributed by atoms with van der Waals surface area (Å²) < 4.78 is 11.4. The number of aryl methyl sites for hydroxylation is 2. The van der Waals surface area contributed by atoms with E-state index >= 15 is 0 Å². The van der Waals surface area contributed by atoms with Crippen LogP contribution in [0, 0.1) is 13.8 Å². The van der Waals surface area contributed by atoms with Gasteiger partial charge in [-0.25, -0.2) is 9.97 Å². The Kier molecular flexibility index (Phi) is 5.75. The number of aromatic nitrogens is 5. The van der Waals surface area contributed by atoms with Gasteiger partial charge < -0.3 is 19.6 Å². The number of ether oxygens (including phenoxy) is 1. The number of piperazine rings is 1. The van der Waals surface area contributed by atoms with Gasteiger partial charge in [0.15, 0.2) is 0 Å². The second-order valence-electron chi connectivity index (χ2n) is 10.0. The number of nitrogens with zero attached hydrogens (tertiary/aromatic N) is 5. The summed E-state index contributed by atoms with van der Waals surface area (Å²) in [5.41, 5.74) is 7.31. The summed E-state index contributed by atoms with van der Waals surface area (Å²) in [5.74, 6) is 2.29. The number of methoxy groups -OCH3 is 1. The Labute approximate surface area is 225 Å². The van der Waals surface area contributed by atoms with E-state index < -0.39 is 0 Å². The van der Waals surface area contributed by atoms with Gasteiger partial charge in [-0.1, -0.05) is 23.4 Å². The van der Waals surface area contributed by atoms with E-state index in [0.29, 0.717) is 6.54 Å². The summed E-state index contributed by atoms with van der Waals surface area (Å²) in [4.78, 5) is 20.8. The first kappa shape index (κ1) is 23.8. The number of hydrogen-bond acceptors (Lipinski definition) is 8. The molecule has 0 aliphatic carbocycles. The zero-order chi connectivity index (χ0) is 26.5. The first-order valence-corrected chi connectivity index (χ1v) is 13.2. The minimum absolute atomic E-state index is 0.691. The second kappa shape index (κ2) is 9.44. The van der Waals surface area contributed by atoms with Gasteiger partial charge in [0.2, 0.25) is 0 Å². The molecule has 0 bridgehead atoms. The second-order valence-corrected chi connectivity index (χ2v) is 10.0. The lowest BCUT2D eigenvalue weighted by Crippen LogP contribution is -2.43. The molecule has 0 atom stereocenters. The molecule has 9 heteroatoms. The van der Waals surface area contributed by atoms with Gasteiger partial charge in [0, 0.05) is 59.8 Å². The number of nitrogens with one attached hydrogen (secondary N) is 2. The van der Waals surface area contributed by atoms with E-state index in [0.717, 1.165) is 104 Å². The fourth-order valence-corrected chi connectivity index (χ4v) is 5.74. The van der Waals surface area contributed by atoms with Gasteiger partial charge in [0.05, 0.1) is 41.5 Å². The van der Waals surface area contributed by atoms with E-state index in [9.17, 15) is 0 Å². The number of hydrogen-bond donors (Lipinski definition) is 2. The lowest BCUT2D eigenvalue weighted by molar-refractivity contribution is 0.228. The van der Waals surface area contributed by atoms with Crippen LogP contribution in [0.15, 0.2) is 53.2 Å². The van der Waals surface area contributed by atoms with E-state index in [4.69, 9.17) is 19.2 Å². The lowest BCUT2D eigenvalue weighted by atomic mass is 9.99. The Morgan fingerprint density at radius 1 is 1.00 bits per heavy atom. The molecule has 0 unspecified atom stereocenters. The number of rotatable bonds is 5. The molecule has 9 nitrogen and oxygen atoms in total. The summed E-state index contributed by atoms with van der Waals surface area (Å²) in [5, 5.41) is 10.6. The zero-order valence-corrected chi connectivity index (χ0v) is 22.2. The molecule has 0 spiro atoms. The minimum Gasteiger partial charge on any atom is -0.496 e. The average molecular weight is 520 g/mol. The highest BCUT2D eigenvalue weighted by molar-refractivity contribution is 6.15. The van der Waals surface area contributed by atoms with Gasteiger partial charge in [0.25, 0.3) is 0 Å². The van der Waals surface area contributed by atoms with Crippen LogP contribution in [0.3, 0.4) is 0 Å². The number of para-hydroxylation sites is 1. The molecule has 0 radical (unpaired) electrons. The van der Waals surface area contributed by atoms with Gasteiger partial charge in [-0.05, 0) is 38.1 Å². The van der Waals surface area contributed by atoms with Crippen molar-refractivity contribution in [3.8, 4) is 28.1 Å². The number of fused-ring (bicyclic) bond motifs is 4. The molecule has 1 aliphatic heterocycles. The Balaban J connectivity index is 1.51. The minimum atomic E-state index is 0.691. The average Bonchev–Trinajstić information content (AvgIpc) is 3.49. The van der Waals surface area contributed by atoms with Crippen molar-refractivity contribution in [3.05, 3.63) is 65.9 Å². The maximum atomic E-state index is 5.90. The van der Waals surface area contributed by atoms with E-state index in [-0.39, 0.29) is 0 Å². The molecule has 2 aromatic carbocycles. The molecule has 7 rings (SSSR count). The molecule has 4 aromatic heterocycles. The first-order chi connectivity index (χ1) is 19.1. The highest BCUT2D eigenvalue weighted by atomic mass is 16.5. The molecule has 2 N–H and O–H groups in total. The SMILES string of the molecule is COc1cc2c(cc1-c1c(C)noc1C)[nH]c1nc(CN3CCNCC3)nc(-c3ccnc4ccccc34)c12. The third kappa shape index (κ3) is 4.02. The summed E-state index contributed by atoms with van der Waals surface area (Å²) in [7, 11) is 1.69. The molecule has 1 aliphatic rings. The first-order valence-electron chi connectivity index (χ1n) is 13.2. The standard InChI is InChI=1S/C30H29N7O2/c1-17-27(18(2)39-36-17)22-14-24-21(15-25(22)38-3)28-29(20-8-9-32-23-7-5-4-6-19(20)23)34-26(35-30(28)33-24)16-37-12-10-31-11-13-37/h4-9,14-15,31H,10-13,16H2,1-3H3,(H,33,34,35). The van der Waals surface area contributed by atoms with E-state index in [1.165, 1.54) is 0 Å². The van der Waals surface area contributed by atoms with E-state index in [1.54, 1.807) is 7.11 Å². The summed E-state index contributed by atoms with van der Waals surface area (Å²) in [6.45, 7) is 8.45. The van der Waals surface area contributed by atoms with Gasteiger partial charge in [-0.2, -0.15) is 0 Å². The predicted molar refractivity (Wildman–Crippen MR) is 152 cm³/mol. The van der Waals surface area contributed by atoms with Crippen LogP contribution in [0.25, 0.3) is 55.2 Å². The third-order valence-electron chi connectivity index (χ3n) is 7.60. The maximum Gasteiger partial charge on any atom is 0.145 e. The molecule has 0 saturated carbocycles. The molecule has 0 amide bonds. The summed E-state index contributed by atoms with van der Waals surface area (Å²) >= 11 is 0. The number of benzene rings is 2. The van der Waals surface area contributed by atoms with Gasteiger partial charge in [-0.15, -0.1) is 0 Å². The quantitative estimate of drug-likeness (QED) is 0.327. The molecule has 6 aromatic rings. The van der Waals surface area contributed by atoms with Crippen molar-refractivity contribution in [1.29, 1.82) is 0 Å².